The second-order valence-corrected chi connectivity index (χ2v) is 5.44. The topological polar surface area (TPSA) is 77.2 Å². The fourth-order valence-electron chi connectivity index (χ4n) is 2.26. The molecule has 7 heteroatoms. The number of aromatic hydroxyl groups is 1. The molecule has 2 aromatic carbocycles. The highest BCUT2D eigenvalue weighted by Crippen LogP contribution is 2.27. The Hall–Kier alpha value is -2.86. The largest absolute Gasteiger partial charge is 0.507 e. The normalized spacial score (nSPS) is 10.6. The minimum Gasteiger partial charge on any atom is -0.507 e. The molecule has 0 amide bonds. The number of halogens is 1. The Balaban J connectivity index is 1.89. The molecule has 24 heavy (non-hydrogen) atoms. The van der Waals surface area contributed by atoms with Crippen molar-refractivity contribution in [2.45, 2.75) is 6.54 Å². The van der Waals surface area contributed by atoms with Gasteiger partial charge < -0.3 is 9.84 Å². The van der Waals surface area contributed by atoms with Crippen molar-refractivity contribution < 1.29 is 14.6 Å². The van der Waals surface area contributed by atoms with Crippen LogP contribution in [0, 0.1) is 0 Å². The second kappa shape index (κ2) is 6.72. The van der Waals surface area contributed by atoms with Crippen molar-refractivity contribution in [2.24, 2.45) is 0 Å². The summed E-state index contributed by atoms with van der Waals surface area (Å²) >= 11 is 6.24. The number of ketones is 1. The van der Waals surface area contributed by atoms with Gasteiger partial charge in [0, 0.05) is 6.07 Å². The minimum atomic E-state index is -0.500. The van der Waals surface area contributed by atoms with Crippen molar-refractivity contribution in [3.05, 3.63) is 70.5 Å². The Bertz CT molecular complexity index is 878. The third kappa shape index (κ3) is 3.09. The van der Waals surface area contributed by atoms with E-state index in [4.69, 9.17) is 16.3 Å². The number of benzene rings is 2. The van der Waals surface area contributed by atoms with Gasteiger partial charge in [-0.15, -0.1) is 5.10 Å². The van der Waals surface area contributed by atoms with Crippen LogP contribution in [-0.2, 0) is 6.54 Å². The van der Waals surface area contributed by atoms with Crippen molar-refractivity contribution in [1.29, 1.82) is 0 Å². The Morgan fingerprint density at radius 1 is 1.25 bits per heavy atom. The van der Waals surface area contributed by atoms with Gasteiger partial charge in [-0.1, -0.05) is 47.1 Å². The molecule has 0 saturated heterocycles. The molecule has 1 N–H and O–H groups in total. The van der Waals surface area contributed by atoms with E-state index >= 15 is 0 Å². The smallest absolute Gasteiger partial charge is 0.220 e. The maximum atomic E-state index is 12.6. The van der Waals surface area contributed by atoms with Crippen LogP contribution in [0.4, 0.5) is 0 Å². The van der Waals surface area contributed by atoms with Gasteiger partial charge in [-0.3, -0.25) is 4.79 Å². The van der Waals surface area contributed by atoms with Crippen LogP contribution in [0.15, 0.2) is 48.5 Å². The van der Waals surface area contributed by atoms with Crippen molar-refractivity contribution in [1.82, 2.24) is 15.0 Å². The first-order chi connectivity index (χ1) is 11.6. The SMILES string of the molecule is COc1ccc(C(=O)c2nnn(Cc3ccccc3)c2Cl)c(O)c1. The van der Waals surface area contributed by atoms with E-state index in [1.807, 2.05) is 30.3 Å². The quantitative estimate of drug-likeness (QED) is 0.721. The van der Waals surface area contributed by atoms with Gasteiger partial charge in [-0.25, -0.2) is 4.68 Å². The molecule has 0 aliphatic carbocycles. The van der Waals surface area contributed by atoms with E-state index in [0.29, 0.717) is 12.3 Å². The lowest BCUT2D eigenvalue weighted by molar-refractivity contribution is 0.103. The Labute approximate surface area is 143 Å². The fraction of sp³-hybridized carbons (Fsp3) is 0.118. The van der Waals surface area contributed by atoms with Crippen molar-refractivity contribution in [3.63, 3.8) is 0 Å². The zero-order chi connectivity index (χ0) is 17.1. The summed E-state index contributed by atoms with van der Waals surface area (Å²) in [4.78, 5) is 12.6. The molecule has 0 spiro atoms. The van der Waals surface area contributed by atoms with E-state index in [-0.39, 0.29) is 22.2 Å². The number of phenolic OH excluding ortho intramolecular Hbond substituents is 1. The summed E-state index contributed by atoms with van der Waals surface area (Å²) in [5.41, 5.74) is 1.06. The lowest BCUT2D eigenvalue weighted by Gasteiger charge is -2.05. The second-order valence-electron chi connectivity index (χ2n) is 5.08. The van der Waals surface area contributed by atoms with Gasteiger partial charge in [0.05, 0.1) is 19.2 Å². The number of carbonyl (C=O) groups excluding carboxylic acids is 1. The summed E-state index contributed by atoms with van der Waals surface area (Å²) in [6, 6.07) is 14.0. The molecule has 1 aromatic heterocycles. The van der Waals surface area contributed by atoms with Gasteiger partial charge in [-0.05, 0) is 17.7 Å². The average molecular weight is 344 g/mol. The molecule has 0 fully saturated rings. The van der Waals surface area contributed by atoms with E-state index in [1.165, 1.54) is 23.9 Å². The number of ether oxygens (including phenoxy) is 1. The van der Waals surface area contributed by atoms with Crippen LogP contribution in [0.3, 0.4) is 0 Å². The predicted molar refractivity (Wildman–Crippen MR) is 88.7 cm³/mol. The summed E-state index contributed by atoms with van der Waals surface area (Å²) in [6.45, 7) is 0.397. The Kier molecular flexibility index (Phi) is 4.48. The first kappa shape index (κ1) is 16.0. The van der Waals surface area contributed by atoms with Gasteiger partial charge in [-0.2, -0.15) is 0 Å². The van der Waals surface area contributed by atoms with E-state index in [2.05, 4.69) is 10.3 Å². The molecule has 6 nitrogen and oxygen atoms in total. The van der Waals surface area contributed by atoms with Crippen molar-refractivity contribution in [3.8, 4) is 11.5 Å². The molecule has 0 bridgehead atoms. The van der Waals surface area contributed by atoms with Crippen LogP contribution in [-0.4, -0.2) is 33.0 Å². The molecule has 122 valence electrons. The van der Waals surface area contributed by atoms with Crippen molar-refractivity contribution >= 4 is 17.4 Å². The van der Waals surface area contributed by atoms with Crippen LogP contribution >= 0.6 is 11.6 Å². The van der Waals surface area contributed by atoms with Crippen molar-refractivity contribution in [2.75, 3.05) is 7.11 Å². The lowest BCUT2D eigenvalue weighted by atomic mass is 10.1. The van der Waals surface area contributed by atoms with E-state index in [9.17, 15) is 9.90 Å². The van der Waals surface area contributed by atoms with E-state index in [0.717, 1.165) is 5.56 Å². The van der Waals surface area contributed by atoms with Crippen LogP contribution in [0.2, 0.25) is 5.15 Å². The lowest BCUT2D eigenvalue weighted by Crippen LogP contribution is -2.05. The van der Waals surface area contributed by atoms with Gasteiger partial charge in [0.25, 0.3) is 0 Å². The zero-order valence-corrected chi connectivity index (χ0v) is 13.6. The molecule has 0 unspecified atom stereocenters. The molecule has 0 atom stereocenters. The van der Waals surface area contributed by atoms with Gasteiger partial charge in [0.1, 0.15) is 11.5 Å². The van der Waals surface area contributed by atoms with E-state index in [1.54, 1.807) is 6.07 Å². The number of phenols is 1. The number of nitrogens with zero attached hydrogens (tertiary/aromatic N) is 3. The summed E-state index contributed by atoms with van der Waals surface area (Å²) < 4.78 is 6.44. The monoisotopic (exact) mass is 343 g/mol. The highest BCUT2D eigenvalue weighted by molar-refractivity contribution is 6.33. The third-order valence-electron chi connectivity index (χ3n) is 3.51. The number of aromatic nitrogens is 3. The maximum absolute atomic E-state index is 12.6. The summed E-state index contributed by atoms with van der Waals surface area (Å²) in [7, 11) is 1.47. The number of hydrogen-bond acceptors (Lipinski definition) is 5. The van der Waals surface area contributed by atoms with E-state index < -0.39 is 5.78 Å². The standard InChI is InChI=1S/C17H14ClN3O3/c1-24-12-7-8-13(14(22)9-12)16(23)15-17(18)21(20-19-15)10-11-5-3-2-4-6-11/h2-9,22H,10H2,1H3. The zero-order valence-electron chi connectivity index (χ0n) is 12.8. The van der Waals surface area contributed by atoms with Crippen LogP contribution < -0.4 is 4.74 Å². The molecular formula is C17H14ClN3O3. The molecule has 0 saturated carbocycles. The number of hydrogen-bond donors (Lipinski definition) is 1. The maximum Gasteiger partial charge on any atom is 0.220 e. The molecule has 1 heterocycles. The minimum absolute atomic E-state index is 0.00642. The number of carbonyl (C=O) groups is 1. The third-order valence-corrected chi connectivity index (χ3v) is 3.89. The Morgan fingerprint density at radius 2 is 2.00 bits per heavy atom. The highest BCUT2D eigenvalue weighted by atomic mass is 35.5. The Morgan fingerprint density at radius 3 is 2.67 bits per heavy atom. The molecule has 3 aromatic rings. The van der Waals surface area contributed by atoms with Crippen LogP contribution in [0.1, 0.15) is 21.6 Å². The van der Waals surface area contributed by atoms with Gasteiger partial charge >= 0.3 is 0 Å². The average Bonchev–Trinajstić information content (AvgIpc) is 2.96. The molecule has 3 rings (SSSR count). The molecule has 0 aliphatic heterocycles. The number of methoxy groups -OCH3 is 1. The molecular weight excluding hydrogens is 330 g/mol. The summed E-state index contributed by atoms with van der Waals surface area (Å²) in [5.74, 6) is -0.254. The molecule has 0 aliphatic rings. The predicted octanol–water partition coefficient (Wildman–Crippen LogP) is 2.93. The van der Waals surface area contributed by atoms with Gasteiger partial charge in [0.2, 0.25) is 5.78 Å². The number of rotatable bonds is 5. The first-order valence-electron chi connectivity index (χ1n) is 7.14. The first-order valence-corrected chi connectivity index (χ1v) is 7.52. The summed E-state index contributed by atoms with van der Waals surface area (Å²) in [6.07, 6.45) is 0. The fourth-order valence-corrected chi connectivity index (χ4v) is 2.47. The van der Waals surface area contributed by atoms with Crippen LogP contribution in [0.25, 0.3) is 0 Å². The van der Waals surface area contributed by atoms with Gasteiger partial charge in [0.15, 0.2) is 10.8 Å². The summed E-state index contributed by atoms with van der Waals surface area (Å²) in [5, 5.41) is 17.9. The molecule has 0 radical (unpaired) electrons. The highest BCUT2D eigenvalue weighted by Gasteiger charge is 2.22. The van der Waals surface area contributed by atoms with Crippen LogP contribution in [0.5, 0.6) is 11.5 Å².